The average molecular weight is 1380 g/mol. The van der Waals surface area contributed by atoms with Crippen molar-refractivity contribution >= 4 is 87.4 Å². The van der Waals surface area contributed by atoms with Gasteiger partial charge in [-0.2, -0.15) is 5.48 Å². The number of anilines is 1. The second-order valence-corrected chi connectivity index (χ2v) is 25.1. The number of aliphatic hydroxyl groups is 1. The number of aliphatic hydroxyl groups excluding tert-OH is 1. The molecule has 18 N–H and O–H groups in total. The number of ketones is 2. The molecule has 11 unspecified atom stereocenters. The van der Waals surface area contributed by atoms with Crippen molar-refractivity contribution in [3.63, 3.8) is 0 Å². The topological polar surface area (TPSA) is 483 Å². The first-order valence-corrected chi connectivity index (χ1v) is 31.2. The summed E-state index contributed by atoms with van der Waals surface area (Å²) < 4.78 is 26.1. The van der Waals surface area contributed by atoms with E-state index in [0.717, 1.165) is 62.4 Å². The molecular formula is C65H73Cl2N11O19. The van der Waals surface area contributed by atoms with Gasteiger partial charge in [-0.15, -0.1) is 4.91 Å². The number of amides is 7. The van der Waals surface area contributed by atoms with Crippen LogP contribution < -0.4 is 69.0 Å². The highest BCUT2D eigenvalue weighted by Gasteiger charge is 2.49. The van der Waals surface area contributed by atoms with Crippen LogP contribution in [0.5, 0.6) is 40.2 Å². The summed E-state index contributed by atoms with van der Waals surface area (Å²) in [5.41, 5.74) is 14.4. The number of nitrogens with one attached hydrogen (secondary N) is 7. The van der Waals surface area contributed by atoms with Gasteiger partial charge in [-0.25, -0.2) is 0 Å². The van der Waals surface area contributed by atoms with E-state index in [4.69, 9.17) is 59.4 Å². The average Bonchev–Trinajstić information content (AvgIpc) is 0.766. The number of carbonyl (C=O) groups is 9. The Bertz CT molecular complexity index is 4010. The van der Waals surface area contributed by atoms with Crippen LogP contribution in [0.3, 0.4) is 0 Å². The number of Topliss-reactive ketones (excluding diaryl/α,β-unsaturated/α-hetero) is 2. The van der Waals surface area contributed by atoms with Gasteiger partial charge < -0.3 is 77.5 Å². The Balaban J connectivity index is 1.46. The number of halogens is 2. The minimum absolute atomic E-state index is 0.0901. The first-order chi connectivity index (χ1) is 45.8. The number of rotatable bonds is 18. The third kappa shape index (κ3) is 15.8. The highest BCUT2D eigenvalue weighted by atomic mass is 35.5. The van der Waals surface area contributed by atoms with Crippen LogP contribution in [0.25, 0.3) is 16.7 Å². The highest BCUT2D eigenvalue weighted by Crippen LogP contribution is 2.49. The minimum atomic E-state index is -3.09. The number of ether oxygens (including phenoxy) is 4. The summed E-state index contributed by atoms with van der Waals surface area (Å²) in [6.45, 7) is 12.9. The van der Waals surface area contributed by atoms with Crippen LogP contribution in [0, 0.1) is 16.7 Å². The number of nitroso groups, excluding NO2 is 1. The van der Waals surface area contributed by atoms with Gasteiger partial charge >= 0.3 is 5.91 Å². The van der Waals surface area contributed by atoms with Gasteiger partial charge in [-0.3, -0.25) is 59.6 Å². The molecule has 5 aliphatic heterocycles. The molecular weight excluding hydrogens is 1310 g/mol. The van der Waals surface area contributed by atoms with Crippen molar-refractivity contribution in [3.8, 4) is 51.4 Å². The number of fused-ring (bicyclic) bond motifs is 16. The van der Waals surface area contributed by atoms with Crippen LogP contribution in [0.2, 0.25) is 10.0 Å². The molecule has 7 amide bonds. The number of nitrogens with two attached hydrogens (primary N) is 3. The summed E-state index contributed by atoms with van der Waals surface area (Å²) in [6.07, 6.45) is -4.78. The Labute approximate surface area is 564 Å². The second-order valence-electron chi connectivity index (χ2n) is 24.3. The van der Waals surface area contributed by atoms with Gasteiger partial charge in [-0.05, 0) is 117 Å². The normalized spacial score (nSPS) is 24.0. The molecule has 0 saturated carbocycles. The number of hydrogen-bond donors (Lipinski definition) is 15. The van der Waals surface area contributed by atoms with Crippen molar-refractivity contribution in [2.45, 2.75) is 140 Å². The molecule has 5 aliphatic rings. The molecule has 1 fully saturated rings. The predicted molar refractivity (Wildman–Crippen MR) is 348 cm³/mol. The van der Waals surface area contributed by atoms with E-state index in [1.807, 2.05) is 12.4 Å². The summed E-state index contributed by atoms with van der Waals surface area (Å²) in [7, 11) is 0. The maximum atomic E-state index is 16.2. The number of primary amides is 1. The van der Waals surface area contributed by atoms with E-state index < -0.39 is 182 Å². The first-order valence-electron chi connectivity index (χ1n) is 30.4. The molecule has 7 bridgehead atoms. The lowest BCUT2D eigenvalue weighted by atomic mass is 9.83. The van der Waals surface area contributed by atoms with Gasteiger partial charge in [-0.1, -0.05) is 82.1 Å². The van der Waals surface area contributed by atoms with Crippen LogP contribution in [0.4, 0.5) is 5.69 Å². The fraction of sp³-hybridized carbons (Fsp3) is 0.369. The van der Waals surface area contributed by atoms with Gasteiger partial charge in [0.2, 0.25) is 41.1 Å². The number of hydrogen-bond acceptors (Lipinski definition) is 23. The van der Waals surface area contributed by atoms with Crippen molar-refractivity contribution in [3.05, 3.63) is 128 Å². The quantitative estimate of drug-likeness (QED) is 0.0312. The third-order valence-corrected chi connectivity index (χ3v) is 17.3. The third-order valence-electron chi connectivity index (χ3n) is 16.7. The maximum Gasteiger partial charge on any atom is 0.316 e. The molecule has 30 nitrogen and oxygen atoms in total. The van der Waals surface area contributed by atoms with Crippen molar-refractivity contribution in [2.24, 2.45) is 34.2 Å². The monoisotopic (exact) mass is 1380 g/mol. The number of nitrogens with zero attached hydrogens (tertiary/aromatic N) is 1. The standard InChI is InChI=1S/C65H73Cl2N11O19/c1-8-10-35-44(9-2)96-61(55(84)52(35)77-92)97-56-47-21-32-22-48(56)95-46-16-12-31(20-39(46)67)54(83)53(72-58(86)40(68)17-27(3)4)60(88)74-64(7,26-49(69)82)62(89)73-51(32)59(87)75-65(70,63(90)71-42(29(6)79)19-30-11-15-45(94-47)38(66)18-30)33-13-14-41(76-91)37(23-33)50-36(28(5)57(85)78-93)24-34(80)25-43(50)81/h11-16,18,20-25,27,35,40,42,44,51-54,61,76-77,80-81,83,91-92H,5,8-10,17,19,26,68,70H2,1-4,6-7H3,(H2,69,82)(H,71,90)(H,72,86)(H,73,89)(H,74,88)(H,75,87). The predicted octanol–water partition coefficient (Wildman–Crippen LogP) is 4.98. The largest absolute Gasteiger partial charge is 0.508 e. The summed E-state index contributed by atoms with van der Waals surface area (Å²) >= 11 is 14.1. The summed E-state index contributed by atoms with van der Waals surface area (Å²) in [6, 6.07) is 6.24. The number of phenols is 2. The maximum absolute atomic E-state index is 16.2. The Hall–Kier alpha value is -9.63. The van der Waals surface area contributed by atoms with Gasteiger partial charge in [0.25, 0.3) is 12.2 Å². The van der Waals surface area contributed by atoms with E-state index in [-0.39, 0.29) is 62.7 Å². The van der Waals surface area contributed by atoms with Crippen LogP contribution in [-0.2, 0) is 60.0 Å². The Morgan fingerprint density at radius 2 is 1.51 bits per heavy atom. The lowest BCUT2D eigenvalue weighted by Crippen LogP contribution is -2.66. The molecule has 32 heteroatoms. The minimum Gasteiger partial charge on any atom is -0.508 e. The van der Waals surface area contributed by atoms with Gasteiger partial charge in [0, 0.05) is 45.0 Å². The zero-order chi connectivity index (χ0) is 71.3. The van der Waals surface area contributed by atoms with Crippen LogP contribution >= 0.6 is 23.2 Å². The summed E-state index contributed by atoms with van der Waals surface area (Å²) in [4.78, 5) is 142. The van der Waals surface area contributed by atoms with E-state index >= 15 is 14.4 Å². The van der Waals surface area contributed by atoms with Crippen molar-refractivity contribution < 1.29 is 87.8 Å². The molecule has 0 aliphatic carbocycles. The molecule has 0 aromatic heterocycles. The van der Waals surface area contributed by atoms with Crippen molar-refractivity contribution in [1.82, 2.24) is 32.1 Å². The van der Waals surface area contributed by atoms with E-state index in [2.05, 4.69) is 43.8 Å². The Morgan fingerprint density at radius 1 is 0.845 bits per heavy atom. The van der Waals surface area contributed by atoms with Crippen molar-refractivity contribution in [2.75, 3.05) is 5.48 Å². The molecule has 10 rings (SSSR count). The van der Waals surface area contributed by atoms with Gasteiger partial charge in [0.15, 0.2) is 22.9 Å². The first kappa shape index (κ1) is 73.2. The molecule has 0 radical (unpaired) electrons. The van der Waals surface area contributed by atoms with Crippen molar-refractivity contribution in [1.29, 1.82) is 0 Å². The van der Waals surface area contributed by atoms with E-state index in [1.54, 1.807) is 20.8 Å². The van der Waals surface area contributed by atoms with Gasteiger partial charge in [0.05, 0.1) is 40.3 Å². The lowest BCUT2D eigenvalue weighted by molar-refractivity contribution is -0.194. The molecule has 5 heterocycles. The highest BCUT2D eigenvalue weighted by molar-refractivity contribution is 6.32. The summed E-state index contributed by atoms with van der Waals surface area (Å²) in [5.74, 6) is -15.1. The number of benzene rings is 5. The molecule has 1 saturated heterocycles. The van der Waals surface area contributed by atoms with E-state index in [9.17, 15) is 59.4 Å². The smallest absolute Gasteiger partial charge is 0.316 e. The molecule has 5 aromatic rings. The molecule has 5 aromatic carbocycles. The fourth-order valence-electron chi connectivity index (χ4n) is 11.7. The Morgan fingerprint density at radius 3 is 2.08 bits per heavy atom. The zero-order valence-corrected chi connectivity index (χ0v) is 54.6. The SMILES string of the molecule is C=C(C(=O)N=O)c1cc(O)cc(O)c1-c1cc(C2(N)NC(=O)C3NC(=O)C(C)(CC(N)=O)NC(=O)C(NC(=O)C(N)CC(C)C)C(O)c4ccc(c(Cl)c4)Oc4cc3cc(c4OC3OC(CC)C(CCC)C(NO)C3=O)Oc3ccc(cc3Cl)CC(C(C)=O)NC2=O)ccc1NO. The zero-order valence-electron chi connectivity index (χ0n) is 53.1. The van der Waals surface area contributed by atoms with Gasteiger partial charge in [0.1, 0.15) is 52.8 Å². The molecule has 0 spiro atoms. The van der Waals surface area contributed by atoms with E-state index in [0.29, 0.717) is 19.3 Å². The lowest BCUT2D eigenvalue weighted by Gasteiger charge is -2.40. The second kappa shape index (κ2) is 30.2. The fourth-order valence-corrected chi connectivity index (χ4v) is 12.2. The Kier molecular flexibility index (Phi) is 22.8. The number of phenolic OH excluding ortho intramolecular Hbond substituents is 2. The molecule has 97 heavy (non-hydrogen) atoms. The number of hydroxylamine groups is 1. The number of carbonyl (C=O) groups excluding carboxylic acids is 9. The molecule has 516 valence electrons. The van der Waals surface area contributed by atoms with Crippen LogP contribution in [-0.4, -0.2) is 121 Å². The molecule has 11 atom stereocenters. The van der Waals surface area contributed by atoms with Crippen LogP contribution in [0.1, 0.15) is 114 Å². The number of aromatic hydroxyl groups is 2. The van der Waals surface area contributed by atoms with Crippen LogP contribution in [0.15, 0.2) is 90.6 Å². The van der Waals surface area contributed by atoms with E-state index in [1.165, 1.54) is 30.3 Å². The summed E-state index contributed by atoms with van der Waals surface area (Å²) in [5, 5.41) is 69.7.